The molecular formula is C30H23N5OS3. The molecule has 0 fully saturated rings. The first kappa shape index (κ1) is 26.5. The predicted molar refractivity (Wildman–Crippen MR) is 164 cm³/mol. The highest BCUT2D eigenvalue weighted by Crippen LogP contribution is 2.35. The molecule has 0 unspecified atom stereocenters. The Morgan fingerprint density at radius 1 is 0.846 bits per heavy atom. The summed E-state index contributed by atoms with van der Waals surface area (Å²) in [7, 11) is 0. The van der Waals surface area contributed by atoms with Crippen molar-refractivity contribution in [3.8, 4) is 12.1 Å². The van der Waals surface area contributed by atoms with E-state index in [1.54, 1.807) is 0 Å². The van der Waals surface area contributed by atoms with Gasteiger partial charge in [-0.3, -0.25) is 0 Å². The molecule has 2 aromatic heterocycles. The number of hydrogen-bond donors (Lipinski definition) is 2. The highest BCUT2D eigenvalue weighted by Gasteiger charge is 2.19. The molecule has 5 aromatic rings. The zero-order valence-electron chi connectivity index (χ0n) is 21.2. The van der Waals surface area contributed by atoms with E-state index in [0.717, 1.165) is 26.1 Å². The maximum atomic E-state index is 11.0. The molecule has 9 heteroatoms. The van der Waals surface area contributed by atoms with Gasteiger partial charge in [-0.05, 0) is 47.9 Å². The Labute approximate surface area is 238 Å². The molecule has 39 heavy (non-hydrogen) atoms. The van der Waals surface area contributed by atoms with Crippen LogP contribution in [0.25, 0.3) is 31.6 Å². The van der Waals surface area contributed by atoms with E-state index in [0.29, 0.717) is 26.5 Å². The third-order valence-electron chi connectivity index (χ3n) is 5.94. The van der Waals surface area contributed by atoms with Gasteiger partial charge in [-0.25, -0.2) is 9.97 Å². The van der Waals surface area contributed by atoms with Crippen LogP contribution >= 0.6 is 34.4 Å². The minimum Gasteiger partial charge on any atom is -0.510 e. The summed E-state index contributed by atoms with van der Waals surface area (Å²) in [6, 6.07) is 27.8. The number of aromatic nitrogens is 2. The van der Waals surface area contributed by atoms with Crippen molar-refractivity contribution in [3.63, 3.8) is 0 Å². The molecule has 0 bridgehead atoms. The lowest BCUT2D eigenvalue weighted by molar-refractivity contribution is 0.421. The van der Waals surface area contributed by atoms with Crippen molar-refractivity contribution in [1.82, 2.24) is 9.97 Å². The maximum Gasteiger partial charge on any atom is 0.138 e. The van der Waals surface area contributed by atoms with E-state index >= 15 is 0 Å². The zero-order chi connectivity index (χ0) is 27.4. The normalized spacial score (nSPS) is 12.6. The Kier molecular flexibility index (Phi) is 7.94. The third kappa shape index (κ3) is 5.81. The van der Waals surface area contributed by atoms with Crippen molar-refractivity contribution in [2.75, 3.05) is 11.1 Å². The van der Waals surface area contributed by atoms with Gasteiger partial charge in [0.05, 0.1) is 31.2 Å². The number of hydrogen-bond acceptors (Lipinski definition) is 9. The number of nitrogens with zero attached hydrogens (tertiary/aromatic N) is 4. The summed E-state index contributed by atoms with van der Waals surface area (Å²) in [6.07, 6.45) is 0. The van der Waals surface area contributed by atoms with Crippen LogP contribution in [0.1, 0.15) is 35.3 Å². The highest BCUT2D eigenvalue weighted by atomic mass is 32.2. The van der Waals surface area contributed by atoms with Gasteiger partial charge < -0.3 is 10.4 Å². The van der Waals surface area contributed by atoms with E-state index in [9.17, 15) is 15.6 Å². The van der Waals surface area contributed by atoms with Gasteiger partial charge in [0.1, 0.15) is 39.1 Å². The zero-order valence-corrected chi connectivity index (χ0v) is 23.6. The van der Waals surface area contributed by atoms with Crippen LogP contribution in [0.4, 0.5) is 5.69 Å². The lowest BCUT2D eigenvalue weighted by atomic mass is 10.0. The summed E-state index contributed by atoms with van der Waals surface area (Å²) < 4.78 is 1.92. The first-order valence-corrected chi connectivity index (χ1v) is 14.8. The van der Waals surface area contributed by atoms with Gasteiger partial charge in [-0.1, -0.05) is 62.0 Å². The number of anilines is 1. The number of nitriles is 2. The van der Waals surface area contributed by atoms with E-state index in [2.05, 4.69) is 53.4 Å². The van der Waals surface area contributed by atoms with Crippen molar-refractivity contribution in [2.45, 2.75) is 19.8 Å². The number of thioether (sulfide) groups is 1. The Balaban J connectivity index is 1.51. The first-order valence-electron chi connectivity index (χ1n) is 12.1. The van der Waals surface area contributed by atoms with Crippen LogP contribution in [0.15, 0.2) is 83.6 Å². The van der Waals surface area contributed by atoms with E-state index in [1.807, 2.05) is 60.7 Å². The van der Waals surface area contributed by atoms with Crippen molar-refractivity contribution in [2.24, 2.45) is 0 Å². The molecule has 0 aliphatic carbocycles. The lowest BCUT2D eigenvalue weighted by Gasteiger charge is -2.14. The van der Waals surface area contributed by atoms with E-state index in [-0.39, 0.29) is 17.1 Å². The van der Waals surface area contributed by atoms with Gasteiger partial charge in [0.2, 0.25) is 0 Å². The van der Waals surface area contributed by atoms with Crippen LogP contribution in [-0.4, -0.2) is 20.8 Å². The van der Waals surface area contributed by atoms with Crippen LogP contribution in [0, 0.1) is 22.7 Å². The molecule has 0 saturated carbocycles. The quantitative estimate of drug-likeness (QED) is 0.143. The first-order chi connectivity index (χ1) is 19.0. The van der Waals surface area contributed by atoms with Gasteiger partial charge in [-0.2, -0.15) is 10.5 Å². The van der Waals surface area contributed by atoms with E-state index in [1.165, 1.54) is 40.0 Å². The summed E-state index contributed by atoms with van der Waals surface area (Å²) in [4.78, 5) is 9.21. The molecule has 0 saturated heterocycles. The number of benzene rings is 3. The minimum atomic E-state index is -0.0994. The lowest BCUT2D eigenvalue weighted by Crippen LogP contribution is -2.03. The fourth-order valence-electron chi connectivity index (χ4n) is 3.86. The third-order valence-corrected chi connectivity index (χ3v) is 9.06. The summed E-state index contributed by atoms with van der Waals surface area (Å²) in [5.74, 6) is 0.369. The minimum absolute atomic E-state index is 0.0707. The molecule has 192 valence electrons. The van der Waals surface area contributed by atoms with Gasteiger partial charge in [0.15, 0.2) is 0 Å². The van der Waals surface area contributed by atoms with Crippen molar-refractivity contribution in [1.29, 1.82) is 10.5 Å². The molecule has 3 aromatic carbocycles. The highest BCUT2D eigenvalue weighted by molar-refractivity contribution is 8.03. The summed E-state index contributed by atoms with van der Waals surface area (Å²) in [5, 5.41) is 36.0. The summed E-state index contributed by atoms with van der Waals surface area (Å²) >= 11 is 4.05. The molecule has 0 atom stereocenters. The number of thiazole rings is 2. The maximum absolute atomic E-state index is 11.0. The fraction of sp³-hybridized carbons (Fsp3) is 0.133. The monoisotopic (exact) mass is 565 g/mol. The fourth-order valence-corrected chi connectivity index (χ4v) is 6.77. The second-order valence-electron chi connectivity index (χ2n) is 8.91. The van der Waals surface area contributed by atoms with Crippen LogP contribution in [-0.2, 0) is 0 Å². The van der Waals surface area contributed by atoms with Crippen LogP contribution in [0.5, 0.6) is 0 Å². The molecule has 5 rings (SSSR count). The standard InChI is InChI=1S/C30H23N5OS3/c1-18(2)19-11-13-20(14-12-19)33-28(22(16-32)30-35-24-8-4-6-10-27(24)39-30)37-17-25(36)21(15-31)29-34-23-7-3-5-9-26(23)38-29/h3-14,18,33,36H,17H2,1-2H3/b25-21-,28-22+. The number of allylic oxidation sites excluding steroid dienone is 2. The molecule has 0 aliphatic rings. The Hall–Kier alpha value is -4.15. The van der Waals surface area contributed by atoms with Crippen LogP contribution < -0.4 is 5.32 Å². The second kappa shape index (κ2) is 11.7. The van der Waals surface area contributed by atoms with Gasteiger partial charge in [0, 0.05) is 5.69 Å². The van der Waals surface area contributed by atoms with Crippen LogP contribution in [0.2, 0.25) is 0 Å². The average Bonchev–Trinajstić information content (AvgIpc) is 3.57. The van der Waals surface area contributed by atoms with Crippen molar-refractivity contribution < 1.29 is 5.11 Å². The van der Waals surface area contributed by atoms with E-state index in [4.69, 9.17) is 0 Å². The largest absolute Gasteiger partial charge is 0.510 e. The number of rotatable bonds is 8. The van der Waals surface area contributed by atoms with Gasteiger partial charge >= 0.3 is 0 Å². The van der Waals surface area contributed by atoms with Crippen LogP contribution in [0.3, 0.4) is 0 Å². The number of aliphatic hydroxyl groups is 1. The number of para-hydroxylation sites is 2. The number of aliphatic hydroxyl groups excluding tert-OH is 1. The smallest absolute Gasteiger partial charge is 0.138 e. The molecule has 2 N–H and O–H groups in total. The molecule has 0 amide bonds. The Morgan fingerprint density at radius 2 is 1.38 bits per heavy atom. The second-order valence-corrected chi connectivity index (χ2v) is 12.0. The van der Waals surface area contributed by atoms with Gasteiger partial charge in [0.25, 0.3) is 0 Å². The summed E-state index contributed by atoms with van der Waals surface area (Å²) in [5.41, 5.74) is 4.12. The molecule has 0 spiro atoms. The molecule has 6 nitrogen and oxygen atoms in total. The average molecular weight is 566 g/mol. The molecule has 0 radical (unpaired) electrons. The summed E-state index contributed by atoms with van der Waals surface area (Å²) in [6.45, 7) is 4.27. The Bertz CT molecular complexity index is 1730. The Morgan fingerprint density at radius 3 is 1.90 bits per heavy atom. The van der Waals surface area contributed by atoms with Crippen molar-refractivity contribution >= 4 is 71.7 Å². The topological polar surface area (TPSA) is 106 Å². The molecule has 0 aliphatic heterocycles. The van der Waals surface area contributed by atoms with Gasteiger partial charge in [-0.15, -0.1) is 22.7 Å². The molecular weight excluding hydrogens is 543 g/mol. The van der Waals surface area contributed by atoms with Crippen molar-refractivity contribution in [3.05, 3.63) is 99.2 Å². The SMILES string of the molecule is CC(C)c1ccc(N/C(SC/C(O)=C(\C#N)c2nc3ccccc3s2)=C(/C#N)c2nc3ccccc3s2)cc1. The number of fused-ring (bicyclic) bond motifs is 2. The number of nitrogens with one attached hydrogen (secondary N) is 1. The molecule has 2 heterocycles. The predicted octanol–water partition coefficient (Wildman–Crippen LogP) is 8.56. The van der Waals surface area contributed by atoms with E-state index < -0.39 is 0 Å².